The first-order valence-corrected chi connectivity index (χ1v) is 9.94. The van der Waals surface area contributed by atoms with Crippen LogP contribution in [0.4, 0.5) is 4.79 Å². The zero-order chi connectivity index (χ0) is 21.3. The lowest BCUT2D eigenvalue weighted by atomic mass is 9.96. The minimum atomic E-state index is -0.455. The fraction of sp³-hybridized carbons (Fsp3) is 0.208. The summed E-state index contributed by atoms with van der Waals surface area (Å²) in [6, 6.07) is 21.0. The second-order valence-electron chi connectivity index (χ2n) is 6.61. The molecule has 156 valence electrons. The first-order chi connectivity index (χ1) is 14.6. The molecule has 5 nitrogen and oxygen atoms in total. The molecule has 0 saturated heterocycles. The maximum Gasteiger partial charge on any atom is 0.407 e. The lowest BCUT2D eigenvalue weighted by Gasteiger charge is -2.16. The molecule has 6 heteroatoms. The molecule has 3 rings (SSSR count). The topological polar surface area (TPSA) is 56.8 Å². The smallest absolute Gasteiger partial charge is 0.407 e. The van der Waals surface area contributed by atoms with E-state index in [0.717, 1.165) is 22.3 Å². The van der Waals surface area contributed by atoms with Gasteiger partial charge in [0.2, 0.25) is 0 Å². The number of rotatable bonds is 8. The van der Waals surface area contributed by atoms with Gasteiger partial charge in [-0.2, -0.15) is 0 Å². The molecular weight excluding hydrogens is 402 g/mol. The minimum Gasteiger partial charge on any atom is -0.493 e. The minimum absolute atomic E-state index is 0.233. The summed E-state index contributed by atoms with van der Waals surface area (Å²) in [7, 11) is 3.20. The van der Waals surface area contributed by atoms with Crippen molar-refractivity contribution in [2.45, 2.75) is 13.0 Å². The number of nitrogens with one attached hydrogen (secondary N) is 1. The summed E-state index contributed by atoms with van der Waals surface area (Å²) in [4.78, 5) is 12.0. The Hall–Kier alpha value is -3.18. The van der Waals surface area contributed by atoms with Crippen LogP contribution in [-0.4, -0.2) is 26.9 Å². The number of ether oxygens (including phenoxy) is 3. The van der Waals surface area contributed by atoms with Gasteiger partial charge in [-0.25, -0.2) is 4.79 Å². The largest absolute Gasteiger partial charge is 0.493 e. The molecule has 0 heterocycles. The standard InChI is InChI=1S/C24H24ClNO4/c1-28-22-14-19(11-12-26-24(27)30-16-17-7-4-3-5-8-17)21(15-23(22)29-2)18-9-6-10-20(25)13-18/h3-10,13-15H,11-12,16H2,1-2H3,(H,26,27). The van der Waals surface area contributed by atoms with Crippen molar-refractivity contribution < 1.29 is 19.0 Å². The van der Waals surface area contributed by atoms with Gasteiger partial charge in [-0.05, 0) is 52.9 Å². The third-order valence-corrected chi connectivity index (χ3v) is 4.86. The zero-order valence-electron chi connectivity index (χ0n) is 17.0. The molecule has 30 heavy (non-hydrogen) atoms. The van der Waals surface area contributed by atoms with Gasteiger partial charge in [-0.15, -0.1) is 0 Å². The van der Waals surface area contributed by atoms with Crippen LogP contribution >= 0.6 is 11.6 Å². The van der Waals surface area contributed by atoms with Crippen molar-refractivity contribution in [1.29, 1.82) is 0 Å². The van der Waals surface area contributed by atoms with Crippen molar-refractivity contribution in [2.75, 3.05) is 20.8 Å². The van der Waals surface area contributed by atoms with E-state index >= 15 is 0 Å². The molecule has 0 aliphatic carbocycles. The van der Waals surface area contributed by atoms with Crippen LogP contribution in [0.3, 0.4) is 0 Å². The molecule has 0 spiro atoms. The summed E-state index contributed by atoms with van der Waals surface area (Å²) in [5.74, 6) is 1.26. The number of alkyl carbamates (subject to hydrolysis) is 1. The Kier molecular flexibility index (Phi) is 7.57. The molecule has 0 bridgehead atoms. The maximum absolute atomic E-state index is 12.0. The molecule has 0 aliphatic rings. The van der Waals surface area contributed by atoms with Crippen LogP contribution in [0.25, 0.3) is 11.1 Å². The molecule has 0 fully saturated rings. The second-order valence-corrected chi connectivity index (χ2v) is 7.05. The zero-order valence-corrected chi connectivity index (χ0v) is 17.7. The second kappa shape index (κ2) is 10.6. The number of methoxy groups -OCH3 is 2. The van der Waals surface area contributed by atoms with E-state index in [0.29, 0.717) is 29.5 Å². The number of halogens is 1. The lowest BCUT2D eigenvalue weighted by molar-refractivity contribution is 0.140. The van der Waals surface area contributed by atoms with Gasteiger partial charge in [0.25, 0.3) is 0 Å². The van der Waals surface area contributed by atoms with Gasteiger partial charge in [-0.1, -0.05) is 54.1 Å². The van der Waals surface area contributed by atoms with Gasteiger partial charge in [-0.3, -0.25) is 0 Å². The first kappa shape index (κ1) is 21.5. The number of carbonyl (C=O) groups excluding carboxylic acids is 1. The highest BCUT2D eigenvalue weighted by molar-refractivity contribution is 6.30. The molecule has 0 aromatic heterocycles. The average molecular weight is 426 g/mol. The Labute approximate surface area is 181 Å². The monoisotopic (exact) mass is 425 g/mol. The van der Waals surface area contributed by atoms with Gasteiger partial charge in [0, 0.05) is 11.6 Å². The fourth-order valence-electron chi connectivity index (χ4n) is 3.13. The molecule has 0 atom stereocenters. The summed E-state index contributed by atoms with van der Waals surface area (Å²) < 4.78 is 16.2. The molecule has 0 aliphatic heterocycles. The Balaban J connectivity index is 1.70. The number of hydrogen-bond acceptors (Lipinski definition) is 4. The third-order valence-electron chi connectivity index (χ3n) is 4.62. The summed E-state index contributed by atoms with van der Waals surface area (Å²) in [6.07, 6.45) is 0.131. The molecule has 1 N–H and O–H groups in total. The van der Waals surface area contributed by atoms with Crippen molar-refractivity contribution in [3.8, 4) is 22.6 Å². The highest BCUT2D eigenvalue weighted by atomic mass is 35.5. The predicted octanol–water partition coefficient (Wildman–Crippen LogP) is 5.49. The fourth-order valence-corrected chi connectivity index (χ4v) is 3.32. The predicted molar refractivity (Wildman–Crippen MR) is 118 cm³/mol. The number of hydrogen-bond donors (Lipinski definition) is 1. The van der Waals surface area contributed by atoms with Crippen LogP contribution in [0.2, 0.25) is 5.02 Å². The van der Waals surface area contributed by atoms with Crippen LogP contribution in [0.1, 0.15) is 11.1 Å². The van der Waals surface area contributed by atoms with Crippen LogP contribution in [0.15, 0.2) is 66.7 Å². The summed E-state index contributed by atoms with van der Waals surface area (Å²) in [6.45, 7) is 0.646. The molecule has 0 unspecified atom stereocenters. The Morgan fingerprint density at radius 2 is 1.67 bits per heavy atom. The molecule has 0 saturated carbocycles. The lowest BCUT2D eigenvalue weighted by Crippen LogP contribution is -2.26. The van der Waals surface area contributed by atoms with Crippen molar-refractivity contribution in [2.24, 2.45) is 0 Å². The number of carbonyl (C=O) groups is 1. The first-order valence-electron chi connectivity index (χ1n) is 9.56. The molecule has 3 aromatic carbocycles. The van der Waals surface area contributed by atoms with Gasteiger partial charge in [0.1, 0.15) is 6.61 Å². The van der Waals surface area contributed by atoms with Crippen molar-refractivity contribution >= 4 is 17.7 Å². The Morgan fingerprint density at radius 3 is 2.37 bits per heavy atom. The van der Waals surface area contributed by atoms with Crippen LogP contribution in [-0.2, 0) is 17.8 Å². The molecule has 1 amide bonds. The van der Waals surface area contributed by atoms with Crippen LogP contribution in [0, 0.1) is 0 Å². The van der Waals surface area contributed by atoms with E-state index in [-0.39, 0.29) is 6.61 Å². The quantitative estimate of drug-likeness (QED) is 0.518. The van der Waals surface area contributed by atoms with Crippen molar-refractivity contribution in [1.82, 2.24) is 5.32 Å². The highest BCUT2D eigenvalue weighted by Gasteiger charge is 2.14. The van der Waals surface area contributed by atoms with E-state index in [9.17, 15) is 4.79 Å². The van der Waals surface area contributed by atoms with E-state index in [1.807, 2.05) is 66.7 Å². The number of benzene rings is 3. The van der Waals surface area contributed by atoms with Gasteiger partial charge in [0.15, 0.2) is 11.5 Å². The van der Waals surface area contributed by atoms with Crippen LogP contribution in [0.5, 0.6) is 11.5 Å². The highest BCUT2D eigenvalue weighted by Crippen LogP contribution is 2.36. The number of amides is 1. The van der Waals surface area contributed by atoms with E-state index < -0.39 is 6.09 Å². The Morgan fingerprint density at radius 1 is 0.933 bits per heavy atom. The third kappa shape index (κ3) is 5.67. The molecule has 3 aromatic rings. The summed E-state index contributed by atoms with van der Waals surface area (Å²) in [5, 5.41) is 3.45. The molecular formula is C24H24ClNO4. The van der Waals surface area contributed by atoms with E-state index in [2.05, 4.69) is 5.32 Å². The average Bonchev–Trinajstić information content (AvgIpc) is 2.78. The van der Waals surface area contributed by atoms with E-state index in [1.165, 1.54) is 0 Å². The Bertz CT molecular complexity index is 992. The summed E-state index contributed by atoms with van der Waals surface area (Å²) in [5.41, 5.74) is 3.87. The van der Waals surface area contributed by atoms with Gasteiger partial charge < -0.3 is 19.5 Å². The summed E-state index contributed by atoms with van der Waals surface area (Å²) >= 11 is 6.18. The van der Waals surface area contributed by atoms with Gasteiger partial charge in [0.05, 0.1) is 14.2 Å². The van der Waals surface area contributed by atoms with Crippen molar-refractivity contribution in [3.05, 3.63) is 82.9 Å². The molecule has 0 radical (unpaired) electrons. The van der Waals surface area contributed by atoms with Crippen LogP contribution < -0.4 is 14.8 Å². The normalized spacial score (nSPS) is 10.4. The SMILES string of the molecule is COc1cc(CCNC(=O)OCc2ccccc2)c(-c2cccc(Cl)c2)cc1OC. The van der Waals surface area contributed by atoms with Crippen molar-refractivity contribution in [3.63, 3.8) is 0 Å². The maximum atomic E-state index is 12.0. The van der Waals surface area contributed by atoms with E-state index in [1.54, 1.807) is 14.2 Å². The van der Waals surface area contributed by atoms with Gasteiger partial charge >= 0.3 is 6.09 Å². The van der Waals surface area contributed by atoms with E-state index in [4.69, 9.17) is 25.8 Å².